The molecular formula is C23H29N5O2S. The number of thiazole rings is 1. The smallest absolute Gasteiger partial charge is 0.249 e. The van der Waals surface area contributed by atoms with Gasteiger partial charge in [0.05, 0.1) is 17.3 Å². The number of aromatic nitrogens is 4. The average molecular weight is 440 g/mol. The maximum atomic E-state index is 13.2. The Hall–Kier alpha value is -2.32. The molecule has 0 spiro atoms. The second-order valence-electron chi connectivity index (χ2n) is 8.90. The van der Waals surface area contributed by atoms with Crippen LogP contribution in [0.4, 0.5) is 0 Å². The van der Waals surface area contributed by atoms with Crippen LogP contribution >= 0.6 is 11.3 Å². The van der Waals surface area contributed by atoms with Crippen LogP contribution in [-0.4, -0.2) is 37.2 Å². The van der Waals surface area contributed by atoms with Crippen molar-refractivity contribution in [3.05, 3.63) is 45.3 Å². The lowest BCUT2D eigenvalue weighted by atomic mass is 9.78. The number of rotatable bonds is 4. The third kappa shape index (κ3) is 3.87. The average Bonchev–Trinajstić information content (AvgIpc) is 3.50. The van der Waals surface area contributed by atoms with Gasteiger partial charge in [0, 0.05) is 23.4 Å². The fourth-order valence-corrected chi connectivity index (χ4v) is 5.81. The zero-order valence-electron chi connectivity index (χ0n) is 18.4. The van der Waals surface area contributed by atoms with Gasteiger partial charge in [-0.2, -0.15) is 0 Å². The number of carbonyl (C=O) groups is 1. The number of fused-ring (bicyclic) bond motifs is 1. The van der Waals surface area contributed by atoms with Gasteiger partial charge in [0.1, 0.15) is 11.9 Å². The summed E-state index contributed by atoms with van der Waals surface area (Å²) >= 11 is 1.63. The molecule has 0 bridgehead atoms. The molecule has 2 aliphatic rings. The lowest BCUT2D eigenvalue weighted by Gasteiger charge is -2.31. The van der Waals surface area contributed by atoms with Crippen molar-refractivity contribution < 1.29 is 9.63 Å². The van der Waals surface area contributed by atoms with Crippen molar-refractivity contribution in [1.29, 1.82) is 0 Å². The number of hydroxylamine groups is 2. The number of carbonyl (C=O) groups excluding carboxylic acids is 1. The number of aryl methyl sites for hydroxylation is 3. The first-order valence-corrected chi connectivity index (χ1v) is 12.1. The minimum absolute atomic E-state index is 0.0309. The van der Waals surface area contributed by atoms with Gasteiger partial charge < -0.3 is 0 Å². The van der Waals surface area contributed by atoms with Gasteiger partial charge >= 0.3 is 0 Å². The van der Waals surface area contributed by atoms with Gasteiger partial charge in [0.15, 0.2) is 5.65 Å². The van der Waals surface area contributed by atoms with Crippen LogP contribution in [0.15, 0.2) is 17.5 Å². The van der Waals surface area contributed by atoms with Gasteiger partial charge in [0.2, 0.25) is 5.91 Å². The van der Waals surface area contributed by atoms with E-state index in [1.165, 1.54) is 11.3 Å². The van der Waals surface area contributed by atoms with Crippen LogP contribution in [0.1, 0.15) is 65.9 Å². The highest BCUT2D eigenvalue weighted by molar-refractivity contribution is 7.09. The fourth-order valence-electron chi connectivity index (χ4n) is 5.15. The predicted octanol–water partition coefficient (Wildman–Crippen LogP) is 4.37. The molecule has 5 rings (SSSR count). The van der Waals surface area contributed by atoms with Crippen LogP contribution in [0.2, 0.25) is 0 Å². The van der Waals surface area contributed by atoms with Crippen molar-refractivity contribution in [2.24, 2.45) is 11.8 Å². The number of hydrogen-bond donors (Lipinski definition) is 0. The molecular weight excluding hydrogens is 410 g/mol. The van der Waals surface area contributed by atoms with E-state index in [0.717, 1.165) is 60.7 Å². The van der Waals surface area contributed by atoms with E-state index in [1.807, 2.05) is 13.8 Å². The molecule has 0 radical (unpaired) electrons. The van der Waals surface area contributed by atoms with E-state index in [2.05, 4.69) is 44.0 Å². The van der Waals surface area contributed by atoms with E-state index in [-0.39, 0.29) is 17.9 Å². The Bertz CT molecular complexity index is 1100. The second kappa shape index (κ2) is 8.31. The van der Waals surface area contributed by atoms with Crippen molar-refractivity contribution in [1.82, 2.24) is 24.6 Å². The Morgan fingerprint density at radius 1 is 1.13 bits per heavy atom. The Morgan fingerprint density at radius 2 is 1.94 bits per heavy atom. The Labute approximate surface area is 186 Å². The quantitative estimate of drug-likeness (QED) is 0.604. The summed E-state index contributed by atoms with van der Waals surface area (Å²) in [5.74, 6) is 1.73. The summed E-state index contributed by atoms with van der Waals surface area (Å²) in [4.78, 5) is 23.6. The number of amides is 1. The van der Waals surface area contributed by atoms with Crippen LogP contribution in [0.5, 0.6) is 0 Å². The van der Waals surface area contributed by atoms with Gasteiger partial charge in [-0.15, -0.1) is 21.5 Å². The molecule has 1 amide bonds. The molecule has 0 unspecified atom stereocenters. The van der Waals surface area contributed by atoms with E-state index in [9.17, 15) is 4.79 Å². The maximum absolute atomic E-state index is 13.2. The topological polar surface area (TPSA) is 72.6 Å². The van der Waals surface area contributed by atoms with Gasteiger partial charge in [0.25, 0.3) is 0 Å². The zero-order chi connectivity index (χ0) is 21.5. The van der Waals surface area contributed by atoms with Gasteiger partial charge in [-0.05, 0) is 70.4 Å². The second-order valence-corrected chi connectivity index (χ2v) is 9.96. The van der Waals surface area contributed by atoms with Crippen molar-refractivity contribution in [3.63, 3.8) is 0 Å². The van der Waals surface area contributed by atoms with Crippen molar-refractivity contribution in [2.75, 3.05) is 6.61 Å². The van der Waals surface area contributed by atoms with E-state index >= 15 is 0 Å². The SMILES string of the molecule is Cc1nc([C@@H]2CCON2C(=O)C2CCC(Cc3ccc4nnc(C)n4c3C)CC2)cs1. The lowest BCUT2D eigenvalue weighted by molar-refractivity contribution is -0.183. The third-order valence-electron chi connectivity index (χ3n) is 6.89. The molecule has 1 saturated carbocycles. The molecule has 4 heterocycles. The molecule has 3 aromatic rings. The summed E-state index contributed by atoms with van der Waals surface area (Å²) in [7, 11) is 0. The number of hydrogen-bond acceptors (Lipinski definition) is 6. The molecule has 0 N–H and O–H groups in total. The van der Waals surface area contributed by atoms with Gasteiger partial charge in [-0.1, -0.05) is 6.07 Å². The molecule has 1 saturated heterocycles. The Kier molecular flexibility index (Phi) is 5.52. The van der Waals surface area contributed by atoms with Crippen LogP contribution < -0.4 is 0 Å². The van der Waals surface area contributed by atoms with Crippen molar-refractivity contribution in [3.8, 4) is 0 Å². The largest absolute Gasteiger partial charge is 0.284 e. The molecule has 1 aliphatic heterocycles. The first-order chi connectivity index (χ1) is 15.0. The fraction of sp³-hybridized carbons (Fsp3) is 0.565. The van der Waals surface area contributed by atoms with Crippen molar-refractivity contribution in [2.45, 2.75) is 65.3 Å². The zero-order valence-corrected chi connectivity index (χ0v) is 19.2. The summed E-state index contributed by atoms with van der Waals surface area (Å²) in [6.07, 6.45) is 5.88. The first-order valence-electron chi connectivity index (χ1n) is 11.2. The van der Waals surface area contributed by atoms with Crippen LogP contribution in [0.3, 0.4) is 0 Å². The molecule has 1 atom stereocenters. The number of nitrogens with zero attached hydrogens (tertiary/aromatic N) is 5. The highest BCUT2D eigenvalue weighted by atomic mass is 32.1. The highest BCUT2D eigenvalue weighted by Crippen LogP contribution is 2.37. The standard InChI is InChI=1S/C23H29N5O2S/c1-14-19(8-9-22-26-25-15(2)27(14)22)12-17-4-6-18(7-5-17)23(29)28-21(10-11-30-28)20-13-31-16(3)24-20/h8-9,13,17-18,21H,4-7,10-12H2,1-3H3/t17?,18?,21-/m0/s1. The van der Waals surface area contributed by atoms with E-state index in [4.69, 9.17) is 4.84 Å². The molecule has 2 fully saturated rings. The minimum atomic E-state index is -0.0309. The van der Waals surface area contributed by atoms with Crippen LogP contribution in [-0.2, 0) is 16.1 Å². The minimum Gasteiger partial charge on any atom is -0.284 e. The summed E-state index contributed by atoms with van der Waals surface area (Å²) < 4.78 is 2.13. The predicted molar refractivity (Wildman–Crippen MR) is 119 cm³/mol. The summed E-state index contributed by atoms with van der Waals surface area (Å²) in [6.45, 7) is 6.74. The Balaban J connectivity index is 1.22. The summed E-state index contributed by atoms with van der Waals surface area (Å²) in [6, 6.07) is 4.22. The van der Waals surface area contributed by atoms with E-state index in [0.29, 0.717) is 12.5 Å². The normalized spacial score (nSPS) is 24.2. The summed E-state index contributed by atoms with van der Waals surface area (Å²) in [5.41, 5.74) is 4.46. The van der Waals surface area contributed by atoms with Gasteiger partial charge in [-0.25, -0.2) is 10.0 Å². The molecule has 3 aromatic heterocycles. The molecule has 164 valence electrons. The van der Waals surface area contributed by atoms with Crippen LogP contribution in [0, 0.1) is 32.6 Å². The Morgan fingerprint density at radius 3 is 2.68 bits per heavy atom. The van der Waals surface area contributed by atoms with Gasteiger partial charge in [-0.3, -0.25) is 14.0 Å². The van der Waals surface area contributed by atoms with Crippen LogP contribution in [0.25, 0.3) is 5.65 Å². The third-order valence-corrected chi connectivity index (χ3v) is 7.68. The maximum Gasteiger partial charge on any atom is 0.249 e. The molecule has 31 heavy (non-hydrogen) atoms. The van der Waals surface area contributed by atoms with Crippen molar-refractivity contribution >= 4 is 22.9 Å². The molecule has 1 aliphatic carbocycles. The van der Waals surface area contributed by atoms with E-state index < -0.39 is 0 Å². The molecule has 8 heteroatoms. The molecule has 7 nitrogen and oxygen atoms in total. The van der Waals surface area contributed by atoms with E-state index in [1.54, 1.807) is 16.4 Å². The monoisotopic (exact) mass is 439 g/mol. The lowest BCUT2D eigenvalue weighted by Crippen LogP contribution is -2.37. The first kappa shape index (κ1) is 20.6. The molecule has 0 aromatic carbocycles. The number of pyridine rings is 1. The highest BCUT2D eigenvalue weighted by Gasteiger charge is 2.38. The summed E-state index contributed by atoms with van der Waals surface area (Å²) in [5, 5.41) is 13.1.